The van der Waals surface area contributed by atoms with Crippen LogP contribution < -0.4 is 4.90 Å². The summed E-state index contributed by atoms with van der Waals surface area (Å²) in [5, 5.41) is 4.49. The van der Waals surface area contributed by atoms with Crippen LogP contribution in [0.2, 0.25) is 0 Å². The Morgan fingerprint density at radius 3 is 1.65 bits per heavy atom. The van der Waals surface area contributed by atoms with E-state index in [4.69, 9.17) is 4.42 Å². The van der Waals surface area contributed by atoms with Crippen molar-refractivity contribution in [1.82, 2.24) is 0 Å². The third kappa shape index (κ3) is 4.83. The first kappa shape index (κ1) is 27.9. The van der Waals surface area contributed by atoms with Gasteiger partial charge in [-0.25, -0.2) is 0 Å². The minimum atomic E-state index is 0.870. The van der Waals surface area contributed by atoms with E-state index in [1.54, 1.807) is 0 Å². The summed E-state index contributed by atoms with van der Waals surface area (Å²) in [5.74, 6) is 0. The van der Waals surface area contributed by atoms with E-state index >= 15 is 0 Å². The SMILES string of the molecule is c1ccc(-c2ccc(-c3ccccc3N(c3ccc(-c4ccccc4)cc3)c3cccc4oc5c6ccccc6ccc5c34)cc2)cc1. The molecule has 9 aromatic rings. The Hall–Kier alpha value is -6.38. The molecule has 0 aliphatic rings. The fraction of sp³-hybridized carbons (Fsp3) is 0. The number of benzene rings is 8. The van der Waals surface area contributed by atoms with Gasteiger partial charge in [-0.05, 0) is 69.6 Å². The molecule has 0 aliphatic carbocycles. The molecule has 2 heteroatoms. The average Bonchev–Trinajstić information content (AvgIpc) is 3.56. The second kappa shape index (κ2) is 11.8. The number of furan rings is 1. The molecule has 226 valence electrons. The molecular formula is C46H31NO. The Balaban J connectivity index is 1.26. The van der Waals surface area contributed by atoms with Crippen molar-refractivity contribution < 1.29 is 4.42 Å². The van der Waals surface area contributed by atoms with Crippen molar-refractivity contribution in [3.8, 4) is 33.4 Å². The molecule has 0 aliphatic heterocycles. The van der Waals surface area contributed by atoms with Crippen LogP contribution in [0.4, 0.5) is 17.1 Å². The lowest BCUT2D eigenvalue weighted by Gasteiger charge is -2.28. The van der Waals surface area contributed by atoms with E-state index in [0.717, 1.165) is 55.5 Å². The molecule has 0 radical (unpaired) electrons. The summed E-state index contributed by atoms with van der Waals surface area (Å²) in [7, 11) is 0. The first-order chi connectivity index (χ1) is 23.8. The van der Waals surface area contributed by atoms with Gasteiger partial charge in [0.2, 0.25) is 0 Å². The first-order valence-corrected chi connectivity index (χ1v) is 16.4. The van der Waals surface area contributed by atoms with Crippen LogP contribution in [-0.4, -0.2) is 0 Å². The normalized spacial score (nSPS) is 11.3. The lowest BCUT2D eigenvalue weighted by atomic mass is 9.97. The zero-order chi connectivity index (χ0) is 31.9. The van der Waals surface area contributed by atoms with Crippen molar-refractivity contribution in [2.75, 3.05) is 4.90 Å². The highest BCUT2D eigenvalue weighted by atomic mass is 16.3. The molecule has 0 saturated heterocycles. The summed E-state index contributed by atoms with van der Waals surface area (Å²) in [6, 6.07) is 66.8. The second-order valence-electron chi connectivity index (χ2n) is 12.1. The van der Waals surface area contributed by atoms with E-state index in [1.165, 1.54) is 27.6 Å². The average molecular weight is 614 g/mol. The van der Waals surface area contributed by atoms with E-state index < -0.39 is 0 Å². The fourth-order valence-electron chi connectivity index (χ4n) is 6.95. The van der Waals surface area contributed by atoms with E-state index in [1.807, 2.05) is 0 Å². The molecule has 48 heavy (non-hydrogen) atoms. The third-order valence-electron chi connectivity index (χ3n) is 9.29. The number of hydrogen-bond acceptors (Lipinski definition) is 2. The molecule has 1 aromatic heterocycles. The maximum atomic E-state index is 6.65. The van der Waals surface area contributed by atoms with Crippen molar-refractivity contribution in [1.29, 1.82) is 0 Å². The van der Waals surface area contributed by atoms with Gasteiger partial charge in [0.25, 0.3) is 0 Å². The van der Waals surface area contributed by atoms with Crippen LogP contribution in [0.25, 0.3) is 66.1 Å². The van der Waals surface area contributed by atoms with Gasteiger partial charge < -0.3 is 9.32 Å². The van der Waals surface area contributed by atoms with Crippen molar-refractivity contribution >= 4 is 49.8 Å². The molecule has 0 fully saturated rings. The Kier molecular flexibility index (Phi) is 6.84. The molecule has 1 heterocycles. The Labute approximate surface area is 279 Å². The summed E-state index contributed by atoms with van der Waals surface area (Å²) >= 11 is 0. The van der Waals surface area contributed by atoms with Crippen LogP contribution >= 0.6 is 0 Å². The van der Waals surface area contributed by atoms with E-state index in [0.29, 0.717) is 0 Å². The van der Waals surface area contributed by atoms with Crippen molar-refractivity contribution in [2.24, 2.45) is 0 Å². The zero-order valence-corrected chi connectivity index (χ0v) is 26.3. The van der Waals surface area contributed by atoms with E-state index in [9.17, 15) is 0 Å². The van der Waals surface area contributed by atoms with Crippen LogP contribution in [0.1, 0.15) is 0 Å². The molecule has 0 unspecified atom stereocenters. The molecule has 0 N–H and O–H groups in total. The maximum absolute atomic E-state index is 6.65. The molecule has 9 rings (SSSR count). The van der Waals surface area contributed by atoms with E-state index in [-0.39, 0.29) is 0 Å². The van der Waals surface area contributed by atoms with Gasteiger partial charge in [-0.2, -0.15) is 0 Å². The lowest BCUT2D eigenvalue weighted by Crippen LogP contribution is -2.11. The van der Waals surface area contributed by atoms with Gasteiger partial charge in [0.15, 0.2) is 0 Å². The largest absolute Gasteiger partial charge is 0.455 e. The van der Waals surface area contributed by atoms with Gasteiger partial charge in [0.05, 0.1) is 16.8 Å². The molecule has 2 nitrogen and oxygen atoms in total. The second-order valence-corrected chi connectivity index (χ2v) is 12.1. The topological polar surface area (TPSA) is 16.4 Å². The summed E-state index contributed by atoms with van der Waals surface area (Å²) in [4.78, 5) is 2.39. The smallest absolute Gasteiger partial charge is 0.143 e. The predicted octanol–water partition coefficient (Wildman–Crippen LogP) is 13.2. The van der Waals surface area contributed by atoms with Crippen LogP contribution in [0.3, 0.4) is 0 Å². The Morgan fingerprint density at radius 1 is 0.354 bits per heavy atom. The minimum Gasteiger partial charge on any atom is -0.455 e. The highest BCUT2D eigenvalue weighted by molar-refractivity contribution is 6.19. The van der Waals surface area contributed by atoms with Crippen molar-refractivity contribution in [3.63, 3.8) is 0 Å². The molecular weight excluding hydrogens is 583 g/mol. The number of fused-ring (bicyclic) bond motifs is 5. The Bertz CT molecular complexity index is 2530. The van der Waals surface area contributed by atoms with Gasteiger partial charge in [-0.15, -0.1) is 0 Å². The molecule has 0 bridgehead atoms. The predicted molar refractivity (Wildman–Crippen MR) is 202 cm³/mol. The minimum absolute atomic E-state index is 0.870. The molecule has 0 saturated carbocycles. The van der Waals surface area contributed by atoms with Crippen LogP contribution in [0.15, 0.2) is 192 Å². The molecule has 0 atom stereocenters. The zero-order valence-electron chi connectivity index (χ0n) is 26.3. The number of para-hydroxylation sites is 1. The van der Waals surface area contributed by atoms with Crippen LogP contribution in [0.5, 0.6) is 0 Å². The number of hydrogen-bond donors (Lipinski definition) is 0. The first-order valence-electron chi connectivity index (χ1n) is 16.4. The Morgan fingerprint density at radius 2 is 0.917 bits per heavy atom. The summed E-state index contributed by atoms with van der Waals surface area (Å²) < 4.78 is 6.65. The van der Waals surface area contributed by atoms with Gasteiger partial charge >= 0.3 is 0 Å². The third-order valence-corrected chi connectivity index (χ3v) is 9.29. The summed E-state index contributed by atoms with van der Waals surface area (Å²) in [6.07, 6.45) is 0. The highest BCUT2D eigenvalue weighted by Gasteiger charge is 2.22. The quantitative estimate of drug-likeness (QED) is 0.185. The number of nitrogens with zero attached hydrogens (tertiary/aromatic N) is 1. The van der Waals surface area contributed by atoms with Gasteiger partial charge in [-0.3, -0.25) is 0 Å². The van der Waals surface area contributed by atoms with Crippen LogP contribution in [-0.2, 0) is 0 Å². The highest BCUT2D eigenvalue weighted by Crippen LogP contribution is 2.47. The van der Waals surface area contributed by atoms with Crippen molar-refractivity contribution in [2.45, 2.75) is 0 Å². The van der Waals surface area contributed by atoms with Crippen LogP contribution in [0, 0.1) is 0 Å². The van der Waals surface area contributed by atoms with Gasteiger partial charge in [-0.1, -0.05) is 152 Å². The molecule has 8 aromatic carbocycles. The number of rotatable bonds is 6. The maximum Gasteiger partial charge on any atom is 0.143 e. The van der Waals surface area contributed by atoms with Gasteiger partial charge in [0, 0.05) is 22.0 Å². The summed E-state index contributed by atoms with van der Waals surface area (Å²) in [5.41, 5.74) is 12.1. The monoisotopic (exact) mass is 613 g/mol. The molecule has 0 amide bonds. The number of anilines is 3. The fourth-order valence-corrected chi connectivity index (χ4v) is 6.95. The lowest BCUT2D eigenvalue weighted by molar-refractivity contribution is 0.672. The van der Waals surface area contributed by atoms with Crippen molar-refractivity contribution in [3.05, 3.63) is 188 Å². The van der Waals surface area contributed by atoms with Gasteiger partial charge in [0.1, 0.15) is 11.2 Å². The molecule has 0 spiro atoms. The standard InChI is InChI=1S/C46H31NO/c1-3-12-32(13-4-1)34-22-24-37(25-23-34)39-17-9-10-19-42(39)47(38-29-26-35(27-30-38)33-14-5-2-6-15-33)43-20-11-21-44-45(43)41-31-28-36-16-7-8-18-40(36)46(41)48-44/h1-31H. The summed E-state index contributed by atoms with van der Waals surface area (Å²) in [6.45, 7) is 0. The van der Waals surface area contributed by atoms with E-state index in [2.05, 4.69) is 193 Å².